The zero-order chi connectivity index (χ0) is 12.0. The summed E-state index contributed by atoms with van der Waals surface area (Å²) in [6.07, 6.45) is 0. The lowest BCUT2D eigenvalue weighted by molar-refractivity contribution is -0.423. The van der Waals surface area contributed by atoms with E-state index in [1.165, 1.54) is 0 Å². The SMILES string of the molecule is CC1=C(N)C(C(C)(C)C)C([NH3+])C(N)=C1I. The zero-order valence-electron chi connectivity index (χ0n) is 9.89. The molecule has 0 fully saturated rings. The molecule has 0 spiro atoms. The van der Waals surface area contributed by atoms with Crippen molar-refractivity contribution in [3.8, 4) is 0 Å². The second-order valence-corrected chi connectivity index (χ2v) is 6.38. The van der Waals surface area contributed by atoms with Gasteiger partial charge >= 0.3 is 0 Å². The maximum atomic E-state index is 6.20. The standard InChI is InChI=1S/C11H20IN3/c1-5-7(12)10(15)9(14)6(8(5)13)11(2,3)4/h6,9H,13-15H2,1-4H3/p+1. The molecule has 0 aliphatic heterocycles. The summed E-state index contributed by atoms with van der Waals surface area (Å²) in [6.45, 7) is 8.58. The molecule has 2 unspecified atom stereocenters. The van der Waals surface area contributed by atoms with E-state index in [-0.39, 0.29) is 17.4 Å². The monoisotopic (exact) mass is 322 g/mol. The lowest BCUT2D eigenvalue weighted by Gasteiger charge is -2.37. The molecule has 7 N–H and O–H groups in total. The number of rotatable bonds is 0. The fourth-order valence-electron chi connectivity index (χ4n) is 2.21. The largest absolute Gasteiger partial charge is 0.401 e. The van der Waals surface area contributed by atoms with E-state index in [0.717, 1.165) is 20.5 Å². The molecule has 0 amide bonds. The summed E-state index contributed by atoms with van der Waals surface area (Å²) in [4.78, 5) is 0. The molecule has 15 heavy (non-hydrogen) atoms. The van der Waals surface area contributed by atoms with Gasteiger partial charge in [0.2, 0.25) is 0 Å². The van der Waals surface area contributed by atoms with Crippen LogP contribution in [0.2, 0.25) is 0 Å². The number of hydrogen-bond acceptors (Lipinski definition) is 2. The third-order valence-electron chi connectivity index (χ3n) is 3.09. The molecule has 1 aliphatic rings. The molecule has 1 aliphatic carbocycles. The molecule has 0 aromatic carbocycles. The summed E-state index contributed by atoms with van der Waals surface area (Å²) in [5.74, 6) is 0.232. The Hall–Kier alpha value is -0.230. The number of nitrogens with two attached hydrogens (primary N) is 2. The number of allylic oxidation sites excluding steroid dienone is 2. The van der Waals surface area contributed by atoms with Gasteiger partial charge in [0.1, 0.15) is 6.04 Å². The summed E-state index contributed by atoms with van der Waals surface area (Å²) in [5.41, 5.74) is 19.5. The lowest BCUT2D eigenvalue weighted by atomic mass is 9.71. The van der Waals surface area contributed by atoms with Gasteiger partial charge in [-0.15, -0.1) is 0 Å². The molecule has 4 heteroatoms. The smallest absolute Gasteiger partial charge is 0.134 e. The van der Waals surface area contributed by atoms with Crippen LogP contribution < -0.4 is 17.2 Å². The van der Waals surface area contributed by atoms with E-state index in [4.69, 9.17) is 11.5 Å². The molecule has 86 valence electrons. The molecular formula is C11H21IN3+. The first-order valence-electron chi connectivity index (χ1n) is 5.12. The Morgan fingerprint density at radius 3 is 2.07 bits per heavy atom. The van der Waals surface area contributed by atoms with E-state index in [9.17, 15) is 0 Å². The summed E-state index contributed by atoms with van der Waals surface area (Å²) >= 11 is 2.25. The maximum Gasteiger partial charge on any atom is 0.134 e. The Morgan fingerprint density at radius 1 is 1.20 bits per heavy atom. The minimum absolute atomic E-state index is 0.0839. The predicted octanol–water partition coefficient (Wildman–Crippen LogP) is 1.11. The van der Waals surface area contributed by atoms with Crippen molar-refractivity contribution in [2.45, 2.75) is 33.7 Å². The van der Waals surface area contributed by atoms with Gasteiger partial charge in [-0.2, -0.15) is 0 Å². The fourth-order valence-corrected chi connectivity index (χ4v) is 2.92. The molecule has 3 nitrogen and oxygen atoms in total. The van der Waals surface area contributed by atoms with E-state index in [2.05, 4.69) is 49.1 Å². The van der Waals surface area contributed by atoms with Gasteiger partial charge < -0.3 is 17.2 Å². The van der Waals surface area contributed by atoms with Crippen LogP contribution in [-0.4, -0.2) is 6.04 Å². The van der Waals surface area contributed by atoms with Crippen LogP contribution in [0.4, 0.5) is 0 Å². The van der Waals surface area contributed by atoms with Crippen LogP contribution in [-0.2, 0) is 0 Å². The molecular weight excluding hydrogens is 301 g/mol. The third-order valence-corrected chi connectivity index (χ3v) is 4.52. The van der Waals surface area contributed by atoms with Gasteiger partial charge in [0, 0.05) is 9.28 Å². The van der Waals surface area contributed by atoms with Crippen LogP contribution in [0.15, 0.2) is 20.5 Å². The molecule has 2 atom stereocenters. The number of halogens is 1. The van der Waals surface area contributed by atoms with E-state index < -0.39 is 0 Å². The van der Waals surface area contributed by atoms with Crippen molar-refractivity contribution >= 4 is 22.6 Å². The van der Waals surface area contributed by atoms with Crippen molar-refractivity contribution in [3.63, 3.8) is 0 Å². The Labute approximate surface area is 105 Å². The summed E-state index contributed by atoms with van der Waals surface area (Å²) in [5, 5.41) is 0. The van der Waals surface area contributed by atoms with Crippen molar-refractivity contribution in [1.82, 2.24) is 0 Å². The van der Waals surface area contributed by atoms with E-state index in [0.29, 0.717) is 0 Å². The average molecular weight is 322 g/mol. The molecule has 0 radical (unpaired) electrons. The van der Waals surface area contributed by atoms with E-state index >= 15 is 0 Å². The van der Waals surface area contributed by atoms with Gasteiger partial charge in [0.05, 0.1) is 11.6 Å². The van der Waals surface area contributed by atoms with Crippen LogP contribution in [0.1, 0.15) is 27.7 Å². The minimum Gasteiger partial charge on any atom is -0.401 e. The molecule has 0 bridgehead atoms. The van der Waals surface area contributed by atoms with Crippen molar-refractivity contribution < 1.29 is 5.73 Å². The van der Waals surface area contributed by atoms with Crippen molar-refractivity contribution in [1.29, 1.82) is 0 Å². The molecule has 1 rings (SSSR count). The third kappa shape index (κ3) is 2.15. The topological polar surface area (TPSA) is 79.7 Å². The van der Waals surface area contributed by atoms with Crippen LogP contribution in [0, 0.1) is 11.3 Å². The molecule has 0 saturated heterocycles. The lowest BCUT2D eigenvalue weighted by Crippen LogP contribution is -2.70. The summed E-state index contributed by atoms with van der Waals surface area (Å²) < 4.78 is 1.07. The number of hydrogen-bond donors (Lipinski definition) is 3. The van der Waals surface area contributed by atoms with Crippen LogP contribution in [0.25, 0.3) is 0 Å². The highest BCUT2D eigenvalue weighted by Gasteiger charge is 2.40. The molecule has 0 aromatic rings. The van der Waals surface area contributed by atoms with Crippen LogP contribution in [0.3, 0.4) is 0 Å². The maximum absolute atomic E-state index is 6.20. The first-order chi connectivity index (χ1) is 6.68. The quantitative estimate of drug-likeness (QED) is 0.584. The second kappa shape index (κ2) is 3.97. The van der Waals surface area contributed by atoms with Gasteiger partial charge in [-0.25, -0.2) is 0 Å². The fraction of sp³-hybridized carbons (Fsp3) is 0.636. The Bertz CT molecular complexity index is 336. The normalized spacial score (nSPS) is 28.7. The predicted molar refractivity (Wildman–Crippen MR) is 71.7 cm³/mol. The van der Waals surface area contributed by atoms with Crippen molar-refractivity contribution in [2.24, 2.45) is 22.8 Å². The average Bonchev–Trinajstić information content (AvgIpc) is 2.09. The van der Waals surface area contributed by atoms with E-state index in [1.807, 2.05) is 6.92 Å². The first kappa shape index (κ1) is 12.8. The summed E-state index contributed by atoms with van der Waals surface area (Å²) in [6, 6.07) is 0.0839. The molecule has 0 aromatic heterocycles. The Morgan fingerprint density at radius 2 is 1.67 bits per heavy atom. The Balaban J connectivity index is 3.27. The first-order valence-corrected chi connectivity index (χ1v) is 6.20. The highest BCUT2D eigenvalue weighted by molar-refractivity contribution is 14.1. The van der Waals surface area contributed by atoms with Gasteiger partial charge in [-0.1, -0.05) is 20.8 Å². The molecule has 0 saturated carbocycles. The van der Waals surface area contributed by atoms with Crippen molar-refractivity contribution in [2.75, 3.05) is 0 Å². The van der Waals surface area contributed by atoms with Crippen LogP contribution in [0.5, 0.6) is 0 Å². The zero-order valence-corrected chi connectivity index (χ0v) is 12.1. The second-order valence-electron chi connectivity index (χ2n) is 5.30. The van der Waals surface area contributed by atoms with Gasteiger partial charge in [0.25, 0.3) is 0 Å². The summed E-state index contributed by atoms with van der Waals surface area (Å²) in [7, 11) is 0. The number of quaternary nitrogens is 1. The minimum atomic E-state index is 0.0839. The van der Waals surface area contributed by atoms with Gasteiger partial charge in [-0.05, 0) is 40.5 Å². The van der Waals surface area contributed by atoms with Gasteiger partial charge in [-0.3, -0.25) is 0 Å². The van der Waals surface area contributed by atoms with Gasteiger partial charge in [0.15, 0.2) is 0 Å². The Kier molecular flexibility index (Phi) is 3.40. The van der Waals surface area contributed by atoms with Crippen LogP contribution >= 0.6 is 22.6 Å². The van der Waals surface area contributed by atoms with E-state index in [1.54, 1.807) is 0 Å². The highest BCUT2D eigenvalue weighted by atomic mass is 127. The van der Waals surface area contributed by atoms with Crippen molar-refractivity contribution in [3.05, 3.63) is 20.5 Å². The molecule has 0 heterocycles. The highest BCUT2D eigenvalue weighted by Crippen LogP contribution is 2.40.